The van der Waals surface area contributed by atoms with E-state index in [1.165, 1.54) is 35.5 Å². The summed E-state index contributed by atoms with van der Waals surface area (Å²) in [6.45, 7) is 0. The van der Waals surface area contributed by atoms with Crippen molar-refractivity contribution >= 4 is 34.7 Å². The highest BCUT2D eigenvalue weighted by Gasteiger charge is 2.57. The largest absolute Gasteiger partial charge is 0.508 e. The number of benzene rings is 4. The number of hydrogen-bond donors (Lipinski definition) is 2. The second-order valence-corrected chi connectivity index (χ2v) is 9.57. The van der Waals surface area contributed by atoms with E-state index >= 15 is 0 Å². The Kier molecular flexibility index (Phi) is 4.86. The van der Waals surface area contributed by atoms with Crippen molar-refractivity contribution in [3.8, 4) is 23.0 Å². The predicted molar refractivity (Wildman–Crippen MR) is 144 cm³/mol. The lowest BCUT2D eigenvalue weighted by Gasteiger charge is -2.41. The molecule has 2 N–H and O–H groups in total. The molecule has 2 aliphatic heterocycles. The van der Waals surface area contributed by atoms with Gasteiger partial charge < -0.3 is 19.4 Å². The molecule has 5 aromatic rings. The van der Waals surface area contributed by atoms with Gasteiger partial charge in [-0.05, 0) is 42.5 Å². The smallest absolute Gasteiger partial charge is 0.346 e. The van der Waals surface area contributed by atoms with Crippen molar-refractivity contribution in [1.82, 2.24) is 5.01 Å². The van der Waals surface area contributed by atoms with Gasteiger partial charge in [-0.15, -0.1) is 0 Å². The number of carbonyl (C=O) groups is 1. The van der Waals surface area contributed by atoms with Gasteiger partial charge in [-0.25, -0.2) is 9.80 Å². The van der Waals surface area contributed by atoms with Crippen LogP contribution in [0.15, 0.2) is 99.2 Å². The zero-order chi connectivity index (χ0) is 26.9. The molecule has 1 amide bonds. The van der Waals surface area contributed by atoms with Gasteiger partial charge in [0.15, 0.2) is 0 Å². The van der Waals surface area contributed by atoms with Gasteiger partial charge in [0.25, 0.3) is 5.91 Å². The fraction of sp³-hybridized carbons (Fsp3) is 0.0333. The number of amides is 1. The third-order valence-corrected chi connectivity index (χ3v) is 7.48. The first-order chi connectivity index (χ1) is 18.9. The minimum atomic E-state index is -1.35. The first kappa shape index (κ1) is 23.1. The Hall–Kier alpha value is -5.08. The molecule has 0 atom stereocenters. The molecule has 190 valence electrons. The maximum absolute atomic E-state index is 14.0. The minimum Gasteiger partial charge on any atom is -0.508 e. The van der Waals surface area contributed by atoms with Gasteiger partial charge in [-0.1, -0.05) is 41.9 Å². The molecule has 0 radical (unpaired) electrons. The van der Waals surface area contributed by atoms with Gasteiger partial charge in [-0.2, -0.15) is 5.10 Å². The fourth-order valence-corrected chi connectivity index (χ4v) is 5.71. The van der Waals surface area contributed by atoms with E-state index < -0.39 is 17.1 Å². The third kappa shape index (κ3) is 3.15. The topological polar surface area (TPSA) is 113 Å². The van der Waals surface area contributed by atoms with Crippen molar-refractivity contribution in [2.75, 3.05) is 0 Å². The fourth-order valence-electron chi connectivity index (χ4n) is 5.43. The average molecular weight is 537 g/mol. The summed E-state index contributed by atoms with van der Waals surface area (Å²) in [5.41, 5.74) is 0.338. The lowest BCUT2D eigenvalue weighted by atomic mass is 9.75. The van der Waals surface area contributed by atoms with Crippen LogP contribution in [0.3, 0.4) is 0 Å². The Morgan fingerprint density at radius 3 is 2.18 bits per heavy atom. The van der Waals surface area contributed by atoms with E-state index in [1.54, 1.807) is 48.5 Å². The number of hydrazone groups is 1. The first-order valence-electron chi connectivity index (χ1n) is 11.9. The number of aromatic hydroxyl groups is 2. The maximum Gasteiger partial charge on any atom is 0.346 e. The van der Waals surface area contributed by atoms with Gasteiger partial charge in [0.2, 0.25) is 0 Å². The van der Waals surface area contributed by atoms with E-state index in [1.807, 2.05) is 12.1 Å². The zero-order valence-electron chi connectivity index (χ0n) is 20.0. The second kappa shape index (κ2) is 8.21. The molecular weight excluding hydrogens is 520 g/mol. The number of para-hydroxylation sites is 1. The van der Waals surface area contributed by atoms with Crippen LogP contribution in [0.1, 0.15) is 32.6 Å². The Morgan fingerprint density at radius 1 is 0.821 bits per heavy atom. The Balaban J connectivity index is 1.52. The van der Waals surface area contributed by atoms with Crippen molar-refractivity contribution < 1.29 is 24.2 Å². The van der Waals surface area contributed by atoms with Crippen LogP contribution in [-0.4, -0.2) is 27.3 Å². The molecule has 0 fully saturated rings. The van der Waals surface area contributed by atoms with Crippen LogP contribution in [0.4, 0.5) is 0 Å². The van der Waals surface area contributed by atoms with Crippen LogP contribution >= 0.6 is 11.6 Å². The summed E-state index contributed by atoms with van der Waals surface area (Å²) in [6, 6.07) is 23.1. The molecule has 8 nitrogen and oxygen atoms in total. The number of phenols is 2. The number of hydrogen-bond acceptors (Lipinski definition) is 7. The van der Waals surface area contributed by atoms with Gasteiger partial charge in [-0.3, -0.25) is 4.79 Å². The van der Waals surface area contributed by atoms with Crippen molar-refractivity contribution in [3.63, 3.8) is 0 Å². The number of carbonyl (C=O) groups excluding carboxylic acids is 1. The van der Waals surface area contributed by atoms with E-state index in [4.69, 9.17) is 20.8 Å². The summed E-state index contributed by atoms with van der Waals surface area (Å²) in [5, 5.41) is 27.0. The van der Waals surface area contributed by atoms with E-state index in [0.29, 0.717) is 33.2 Å². The molecule has 1 spiro atoms. The number of halogens is 1. The van der Waals surface area contributed by atoms with Crippen LogP contribution in [-0.2, 0) is 5.54 Å². The maximum atomic E-state index is 14.0. The molecule has 0 bridgehead atoms. The third-order valence-electron chi connectivity index (χ3n) is 7.07. The van der Waals surface area contributed by atoms with Crippen molar-refractivity contribution in [3.05, 3.63) is 128 Å². The van der Waals surface area contributed by atoms with Gasteiger partial charge in [0, 0.05) is 39.8 Å². The number of rotatable bonds is 2. The quantitative estimate of drug-likeness (QED) is 0.219. The van der Waals surface area contributed by atoms with Crippen LogP contribution < -0.4 is 10.4 Å². The van der Waals surface area contributed by atoms with Crippen LogP contribution in [0.2, 0.25) is 5.02 Å². The molecule has 0 aliphatic carbocycles. The second-order valence-electron chi connectivity index (χ2n) is 9.19. The summed E-state index contributed by atoms with van der Waals surface area (Å²) < 4.78 is 11.5. The zero-order valence-corrected chi connectivity index (χ0v) is 20.7. The van der Waals surface area contributed by atoms with Crippen molar-refractivity contribution in [2.24, 2.45) is 5.10 Å². The first-order valence-corrected chi connectivity index (χ1v) is 12.3. The number of fused-ring (bicyclic) bond motifs is 7. The molecule has 39 heavy (non-hydrogen) atoms. The molecule has 0 saturated carbocycles. The highest BCUT2D eigenvalue weighted by atomic mass is 35.5. The molecule has 1 aromatic heterocycles. The summed E-state index contributed by atoms with van der Waals surface area (Å²) in [5.74, 6) is 0.0478. The van der Waals surface area contributed by atoms with E-state index in [9.17, 15) is 19.8 Å². The van der Waals surface area contributed by atoms with Crippen LogP contribution in [0, 0.1) is 0 Å². The summed E-state index contributed by atoms with van der Waals surface area (Å²) >= 11 is 6.60. The Labute approximate surface area is 225 Å². The number of phenolic OH excluding ortho intramolecular Hbond substituents is 2. The number of ether oxygens (including phenoxy) is 1. The summed E-state index contributed by atoms with van der Waals surface area (Å²) in [7, 11) is 0. The molecule has 7 rings (SSSR count). The van der Waals surface area contributed by atoms with Crippen LogP contribution in [0.5, 0.6) is 23.0 Å². The monoisotopic (exact) mass is 536 g/mol. The highest BCUT2D eigenvalue weighted by molar-refractivity contribution is 6.37. The van der Waals surface area contributed by atoms with E-state index in [2.05, 4.69) is 5.10 Å². The Bertz CT molecular complexity index is 1900. The SMILES string of the molecule is O=C1c2ccccc2C2(c3ccc(O)cc3Oc3cc(O)ccc32)N1/N=C\c1c(Cl)c2ccccc2oc1=O. The molecular formula is C30H17ClN2O6. The molecule has 2 aliphatic rings. The normalized spacial score (nSPS) is 14.9. The standard InChI is InChI=1S/C30H17ClN2O6/c31-27-19-6-2-4-8-24(19)39-29(37)20(27)15-32-33-28(36)18-5-1-3-7-21(18)30(33)22-11-9-16(34)13-25(22)38-26-14-17(35)10-12-23(26)30/h1-15,34-35H/b32-15-. The lowest BCUT2D eigenvalue weighted by Crippen LogP contribution is -2.44. The van der Waals surface area contributed by atoms with Gasteiger partial charge in [0.05, 0.1) is 16.8 Å². The van der Waals surface area contributed by atoms with Crippen molar-refractivity contribution in [2.45, 2.75) is 5.54 Å². The van der Waals surface area contributed by atoms with Crippen LogP contribution in [0.25, 0.3) is 11.0 Å². The van der Waals surface area contributed by atoms with Gasteiger partial charge in [0.1, 0.15) is 34.1 Å². The molecule has 0 saturated heterocycles. The predicted octanol–water partition coefficient (Wildman–Crippen LogP) is 5.75. The lowest BCUT2D eigenvalue weighted by molar-refractivity contribution is 0.0675. The summed E-state index contributed by atoms with van der Waals surface area (Å²) in [6.07, 6.45) is 1.22. The van der Waals surface area contributed by atoms with Crippen molar-refractivity contribution in [1.29, 1.82) is 0 Å². The Morgan fingerprint density at radius 2 is 1.46 bits per heavy atom. The highest BCUT2D eigenvalue weighted by Crippen LogP contribution is 2.58. The molecule has 4 aromatic carbocycles. The average Bonchev–Trinajstić information content (AvgIpc) is 3.17. The molecule has 3 heterocycles. The summed E-state index contributed by atoms with van der Waals surface area (Å²) in [4.78, 5) is 26.8. The molecule has 9 heteroatoms. The molecule has 0 unspecified atom stereocenters. The van der Waals surface area contributed by atoms with Gasteiger partial charge >= 0.3 is 5.63 Å². The van der Waals surface area contributed by atoms with E-state index in [-0.39, 0.29) is 33.6 Å². The number of nitrogens with zero attached hydrogens (tertiary/aromatic N) is 2. The minimum absolute atomic E-state index is 0.0156. The van der Waals surface area contributed by atoms with E-state index in [0.717, 1.165) is 0 Å².